The molecule has 6 rings (SSSR count). The number of fused-ring (bicyclic) bond motifs is 1. The summed E-state index contributed by atoms with van der Waals surface area (Å²) < 4.78 is 10.8. The predicted octanol–water partition coefficient (Wildman–Crippen LogP) is 5.77. The number of anilines is 2. The molecule has 0 spiro atoms. The fourth-order valence-corrected chi connectivity index (χ4v) is 4.99. The number of hydrogen-bond donors (Lipinski definition) is 3. The van der Waals surface area contributed by atoms with Crippen LogP contribution < -0.4 is 10.1 Å². The van der Waals surface area contributed by atoms with Crippen molar-refractivity contribution in [1.82, 2.24) is 35.0 Å². The maximum atomic E-state index is 6.44. The molecule has 0 amide bonds. The maximum absolute atomic E-state index is 6.44. The first kappa shape index (κ1) is 26.2. The minimum Gasteiger partial charge on any atom is -0.491 e. The molecule has 3 aromatic heterocycles. The molecular weight excluding hydrogens is 528 g/mol. The quantitative estimate of drug-likeness (QED) is 0.187. The topological polar surface area (TPSA) is 117 Å². The number of aromatic amines is 2. The van der Waals surface area contributed by atoms with Crippen LogP contribution >= 0.6 is 11.6 Å². The summed E-state index contributed by atoms with van der Waals surface area (Å²) in [6, 6.07) is 12.3. The van der Waals surface area contributed by atoms with Crippen molar-refractivity contribution in [2.45, 2.75) is 25.3 Å². The maximum Gasteiger partial charge on any atom is 0.179 e. The van der Waals surface area contributed by atoms with Gasteiger partial charge in [-0.3, -0.25) is 10.00 Å². The van der Waals surface area contributed by atoms with Crippen molar-refractivity contribution < 1.29 is 9.47 Å². The van der Waals surface area contributed by atoms with Crippen molar-refractivity contribution in [1.29, 1.82) is 0 Å². The van der Waals surface area contributed by atoms with Crippen molar-refractivity contribution in [3.8, 4) is 28.7 Å². The van der Waals surface area contributed by atoms with E-state index in [1.165, 1.54) is 24.0 Å². The third-order valence-electron chi connectivity index (χ3n) is 7.01. The van der Waals surface area contributed by atoms with Crippen molar-refractivity contribution in [3.05, 3.63) is 64.9 Å². The van der Waals surface area contributed by atoms with Crippen LogP contribution in [0.2, 0.25) is 5.02 Å². The van der Waals surface area contributed by atoms with Gasteiger partial charge in [-0.25, -0.2) is 15.0 Å². The number of likely N-dealkylation sites (N-methyl/N-ethyl adjacent to an activating group) is 1. The van der Waals surface area contributed by atoms with Gasteiger partial charge >= 0.3 is 0 Å². The van der Waals surface area contributed by atoms with Gasteiger partial charge in [0.25, 0.3) is 0 Å². The molecule has 0 atom stereocenters. The van der Waals surface area contributed by atoms with Gasteiger partial charge < -0.3 is 19.8 Å². The molecule has 2 aromatic carbocycles. The number of methoxy groups -OCH3 is 2. The van der Waals surface area contributed by atoms with Crippen molar-refractivity contribution in [2.24, 2.45) is 0 Å². The van der Waals surface area contributed by atoms with E-state index < -0.39 is 0 Å². The van der Waals surface area contributed by atoms with E-state index in [1.54, 1.807) is 26.6 Å². The highest BCUT2D eigenvalue weighted by atomic mass is 35.5. The van der Waals surface area contributed by atoms with Crippen LogP contribution in [0.5, 0.6) is 5.75 Å². The molecule has 1 aliphatic carbocycles. The summed E-state index contributed by atoms with van der Waals surface area (Å²) in [5.74, 6) is 2.81. The average molecular weight is 559 g/mol. The van der Waals surface area contributed by atoms with Crippen LogP contribution in [0.3, 0.4) is 0 Å². The molecule has 1 aliphatic rings. The van der Waals surface area contributed by atoms with E-state index in [0.717, 1.165) is 29.7 Å². The largest absolute Gasteiger partial charge is 0.491 e. The number of nitrogens with zero attached hydrogens (tertiary/aromatic N) is 5. The van der Waals surface area contributed by atoms with E-state index in [1.807, 2.05) is 18.2 Å². The van der Waals surface area contributed by atoms with Crippen LogP contribution in [-0.4, -0.2) is 69.5 Å². The zero-order valence-electron chi connectivity index (χ0n) is 22.7. The van der Waals surface area contributed by atoms with Crippen LogP contribution in [0.25, 0.3) is 33.9 Å². The first-order valence-electron chi connectivity index (χ1n) is 13.2. The fourth-order valence-electron chi connectivity index (χ4n) is 4.74. The number of hydrogen-bond acceptors (Lipinski definition) is 8. The molecule has 206 valence electrons. The van der Waals surface area contributed by atoms with Crippen molar-refractivity contribution >= 4 is 34.1 Å². The zero-order valence-corrected chi connectivity index (χ0v) is 23.4. The fraction of sp³-hybridized carbons (Fsp3) is 0.310. The lowest BCUT2D eigenvalue weighted by atomic mass is 10.1. The second kappa shape index (κ2) is 11.2. The van der Waals surface area contributed by atoms with Crippen LogP contribution in [-0.2, 0) is 11.3 Å². The standard InChI is InChI=1S/C29H31ClN8O2/c1-38(8-9-39-2)16-17-4-7-22-23(10-17)34-29(33-22)26-24(14-32-37-26)35-28-25(40-3)15-31-27(36-28)20-11-19(18-5-6-18)12-21(30)13-20/h4,7,10-15,18H,5-6,8-9,16H2,1-3H3,(H,32,37)(H,33,34)(H,31,35,36). The summed E-state index contributed by atoms with van der Waals surface area (Å²) in [7, 11) is 5.39. The third-order valence-corrected chi connectivity index (χ3v) is 7.23. The first-order chi connectivity index (χ1) is 19.5. The number of halogens is 1. The highest BCUT2D eigenvalue weighted by molar-refractivity contribution is 6.31. The van der Waals surface area contributed by atoms with Crippen LogP contribution in [0.15, 0.2) is 48.8 Å². The zero-order chi connectivity index (χ0) is 27.6. The Hall–Kier alpha value is -3.99. The lowest BCUT2D eigenvalue weighted by Gasteiger charge is -2.15. The van der Waals surface area contributed by atoms with Gasteiger partial charge in [0.1, 0.15) is 5.69 Å². The number of rotatable bonds is 11. The molecule has 0 unspecified atom stereocenters. The Morgan fingerprint density at radius 3 is 2.77 bits per heavy atom. The van der Waals surface area contributed by atoms with E-state index in [-0.39, 0.29) is 0 Å². The lowest BCUT2D eigenvalue weighted by Crippen LogP contribution is -2.22. The molecule has 0 bridgehead atoms. The van der Waals surface area contributed by atoms with Crippen molar-refractivity contribution in [2.75, 3.05) is 39.7 Å². The number of nitrogens with one attached hydrogen (secondary N) is 3. The number of H-pyrrole nitrogens is 2. The molecule has 5 aromatic rings. The highest BCUT2D eigenvalue weighted by Gasteiger charge is 2.25. The average Bonchev–Trinajstić information content (AvgIpc) is 3.57. The molecule has 1 fully saturated rings. The Morgan fingerprint density at radius 2 is 1.98 bits per heavy atom. The van der Waals surface area contributed by atoms with E-state index >= 15 is 0 Å². The van der Waals surface area contributed by atoms with Crippen LogP contribution in [0.4, 0.5) is 11.5 Å². The molecule has 0 aliphatic heterocycles. The lowest BCUT2D eigenvalue weighted by molar-refractivity contribution is 0.158. The second-order valence-electron chi connectivity index (χ2n) is 10.1. The number of imidazole rings is 1. The van der Waals surface area contributed by atoms with Gasteiger partial charge in [-0.1, -0.05) is 17.7 Å². The summed E-state index contributed by atoms with van der Waals surface area (Å²) in [5.41, 5.74) is 6.50. The Kier molecular flexibility index (Phi) is 7.38. The summed E-state index contributed by atoms with van der Waals surface area (Å²) in [5, 5.41) is 11.4. The third kappa shape index (κ3) is 5.65. The van der Waals surface area contributed by atoms with Gasteiger partial charge in [-0.15, -0.1) is 0 Å². The van der Waals surface area contributed by atoms with Crippen molar-refractivity contribution in [3.63, 3.8) is 0 Å². The second-order valence-corrected chi connectivity index (χ2v) is 10.5. The molecule has 3 heterocycles. The Balaban J connectivity index is 1.27. The molecular formula is C29H31ClN8O2. The Morgan fingerprint density at radius 1 is 1.10 bits per heavy atom. The molecule has 0 saturated heterocycles. The minimum atomic E-state index is 0.507. The van der Waals surface area contributed by atoms with Gasteiger partial charge in [-0.05, 0) is 67.3 Å². The number of benzene rings is 2. The van der Waals surface area contributed by atoms with Crippen LogP contribution in [0.1, 0.15) is 29.9 Å². The van der Waals surface area contributed by atoms with E-state index in [4.69, 9.17) is 31.0 Å². The Labute approximate surface area is 237 Å². The normalized spacial score (nSPS) is 13.3. The molecule has 40 heavy (non-hydrogen) atoms. The predicted molar refractivity (Wildman–Crippen MR) is 156 cm³/mol. The van der Waals surface area contributed by atoms with Gasteiger partial charge in [0.2, 0.25) is 0 Å². The van der Waals surface area contributed by atoms with E-state index in [2.05, 4.69) is 55.6 Å². The number of ether oxygens (including phenoxy) is 2. The summed E-state index contributed by atoms with van der Waals surface area (Å²) >= 11 is 6.44. The van der Waals surface area contributed by atoms with Gasteiger partial charge in [0, 0.05) is 30.8 Å². The molecule has 11 heteroatoms. The summed E-state index contributed by atoms with van der Waals surface area (Å²) in [4.78, 5) is 19.8. The van der Waals surface area contributed by atoms with Gasteiger partial charge in [0.05, 0.1) is 42.8 Å². The Bertz CT molecular complexity index is 1640. The van der Waals surface area contributed by atoms with Gasteiger partial charge in [-0.2, -0.15) is 5.10 Å². The smallest absolute Gasteiger partial charge is 0.179 e. The first-order valence-corrected chi connectivity index (χ1v) is 13.6. The monoisotopic (exact) mass is 558 g/mol. The minimum absolute atomic E-state index is 0.507. The summed E-state index contributed by atoms with van der Waals surface area (Å²) in [6.45, 7) is 2.37. The highest BCUT2D eigenvalue weighted by Crippen LogP contribution is 2.42. The molecule has 1 saturated carbocycles. The molecule has 0 radical (unpaired) electrons. The van der Waals surface area contributed by atoms with E-state index in [9.17, 15) is 0 Å². The summed E-state index contributed by atoms with van der Waals surface area (Å²) in [6.07, 6.45) is 5.74. The van der Waals surface area contributed by atoms with Gasteiger partial charge in [0.15, 0.2) is 23.2 Å². The van der Waals surface area contributed by atoms with Crippen LogP contribution in [0, 0.1) is 0 Å². The number of aromatic nitrogens is 6. The SMILES string of the molecule is COCCN(C)Cc1ccc2nc(-c3[nH]ncc3Nc3nc(-c4cc(Cl)cc(C5CC5)c4)ncc3OC)[nH]c2c1. The van der Waals surface area contributed by atoms with E-state index in [0.29, 0.717) is 52.1 Å². The molecule has 3 N–H and O–H groups in total. The molecule has 10 nitrogen and oxygen atoms in total.